The smallest absolute Gasteiger partial charge is 0.339 e. The molecule has 35 heavy (non-hydrogen) atoms. The van der Waals surface area contributed by atoms with E-state index in [4.69, 9.17) is 9.15 Å². The third-order valence-electron chi connectivity index (χ3n) is 8.17. The molecule has 188 valence electrons. The highest BCUT2D eigenvalue weighted by molar-refractivity contribution is 5.87. The quantitative estimate of drug-likeness (QED) is 0.634. The van der Waals surface area contributed by atoms with Crippen LogP contribution in [0.2, 0.25) is 0 Å². The number of piperidine rings is 1. The molecule has 1 aliphatic heterocycles. The van der Waals surface area contributed by atoms with Crippen LogP contribution in [0.4, 0.5) is 0 Å². The highest BCUT2D eigenvalue weighted by atomic mass is 16.5. The molecule has 2 aliphatic carbocycles. The number of rotatable bonds is 5. The van der Waals surface area contributed by atoms with Crippen molar-refractivity contribution in [2.45, 2.75) is 70.3 Å². The minimum Gasteiger partial charge on any atom is -0.483 e. The molecule has 2 heterocycles. The van der Waals surface area contributed by atoms with E-state index >= 15 is 0 Å². The van der Waals surface area contributed by atoms with E-state index in [1.165, 1.54) is 0 Å². The molecule has 1 aromatic carbocycles. The zero-order valence-corrected chi connectivity index (χ0v) is 20.4. The highest BCUT2D eigenvalue weighted by Gasteiger charge is 2.43. The van der Waals surface area contributed by atoms with Crippen LogP contribution in [-0.2, 0) is 22.4 Å². The number of aliphatic hydroxyl groups is 1. The Balaban J connectivity index is 1.17. The van der Waals surface area contributed by atoms with Crippen molar-refractivity contribution >= 4 is 22.8 Å². The van der Waals surface area contributed by atoms with E-state index in [-0.39, 0.29) is 30.6 Å². The lowest BCUT2D eigenvalue weighted by molar-refractivity contribution is -0.143. The molecule has 8 heteroatoms. The minimum atomic E-state index is -0.637. The summed E-state index contributed by atoms with van der Waals surface area (Å²) in [5.74, 6) is 0.0651. The number of nitrogens with zero attached hydrogens (tertiary/aromatic N) is 1. The van der Waals surface area contributed by atoms with E-state index in [2.05, 4.69) is 5.32 Å². The zero-order chi connectivity index (χ0) is 24.6. The monoisotopic (exact) mass is 482 g/mol. The van der Waals surface area contributed by atoms with E-state index in [0.29, 0.717) is 36.4 Å². The summed E-state index contributed by atoms with van der Waals surface area (Å²) in [6.45, 7) is 2.55. The Kier molecular flexibility index (Phi) is 6.57. The van der Waals surface area contributed by atoms with Crippen molar-refractivity contribution in [2.24, 2.45) is 5.92 Å². The fourth-order valence-electron chi connectivity index (χ4n) is 6.06. The first-order valence-corrected chi connectivity index (χ1v) is 12.8. The molecule has 2 fully saturated rings. The maximum absolute atomic E-state index is 12.7. The van der Waals surface area contributed by atoms with Crippen molar-refractivity contribution in [1.29, 1.82) is 0 Å². The van der Waals surface area contributed by atoms with Gasteiger partial charge in [0.2, 0.25) is 5.91 Å². The van der Waals surface area contributed by atoms with E-state index in [1.807, 2.05) is 19.1 Å². The number of hydrogen-bond acceptors (Lipinski definition) is 6. The first-order valence-electron chi connectivity index (χ1n) is 12.8. The highest BCUT2D eigenvalue weighted by Crippen LogP contribution is 2.39. The first-order chi connectivity index (χ1) is 16.9. The van der Waals surface area contributed by atoms with Crippen LogP contribution in [0, 0.1) is 12.8 Å². The van der Waals surface area contributed by atoms with E-state index in [9.17, 15) is 19.5 Å². The molecule has 0 radical (unpaired) electrons. The largest absolute Gasteiger partial charge is 0.483 e. The van der Waals surface area contributed by atoms with Gasteiger partial charge in [-0.3, -0.25) is 9.59 Å². The second kappa shape index (κ2) is 9.64. The van der Waals surface area contributed by atoms with Gasteiger partial charge in [-0.15, -0.1) is 0 Å². The van der Waals surface area contributed by atoms with Gasteiger partial charge in [-0.25, -0.2) is 4.79 Å². The average Bonchev–Trinajstić information content (AvgIpc) is 2.87. The fraction of sp³-hybridized carbons (Fsp3) is 0.593. The second-order valence-corrected chi connectivity index (χ2v) is 10.3. The van der Waals surface area contributed by atoms with Crippen LogP contribution in [0.1, 0.15) is 61.6 Å². The van der Waals surface area contributed by atoms with E-state index < -0.39 is 11.5 Å². The Hall–Kier alpha value is -2.87. The Morgan fingerprint density at radius 2 is 1.97 bits per heavy atom. The molecule has 8 nitrogen and oxygen atoms in total. The minimum absolute atomic E-state index is 0.0922. The van der Waals surface area contributed by atoms with Gasteiger partial charge in [0.1, 0.15) is 11.3 Å². The summed E-state index contributed by atoms with van der Waals surface area (Å²) in [5, 5.41) is 14.4. The van der Waals surface area contributed by atoms with Crippen molar-refractivity contribution in [3.05, 3.63) is 39.2 Å². The molecule has 1 saturated carbocycles. The topological polar surface area (TPSA) is 109 Å². The SMILES string of the molecule is Cc1c(OCC(=O)NCC(=O)N2CC[C@@]3(O)CCCC[C@H]3C2)ccc2c3c(c(=O)oc12)CCCC3. The molecule has 1 saturated heterocycles. The third-order valence-corrected chi connectivity index (χ3v) is 8.17. The lowest BCUT2D eigenvalue weighted by Gasteiger charge is -2.47. The number of ether oxygens (including phenoxy) is 1. The zero-order valence-electron chi connectivity index (χ0n) is 20.4. The molecule has 5 rings (SSSR count). The Bertz CT molecular complexity index is 1200. The summed E-state index contributed by atoms with van der Waals surface area (Å²) in [6.07, 6.45) is 8.16. The molecule has 2 N–H and O–H groups in total. The van der Waals surface area contributed by atoms with Gasteiger partial charge in [-0.2, -0.15) is 0 Å². The maximum atomic E-state index is 12.7. The van der Waals surface area contributed by atoms with Gasteiger partial charge in [0, 0.05) is 35.5 Å². The average molecular weight is 483 g/mol. The van der Waals surface area contributed by atoms with Gasteiger partial charge < -0.3 is 24.5 Å². The van der Waals surface area contributed by atoms with Gasteiger partial charge in [0.05, 0.1) is 12.1 Å². The van der Waals surface area contributed by atoms with Crippen molar-refractivity contribution in [3.63, 3.8) is 0 Å². The lowest BCUT2D eigenvalue weighted by atomic mass is 9.71. The number of carbonyl (C=O) groups excluding carboxylic acids is 2. The number of hydrogen-bond donors (Lipinski definition) is 2. The van der Waals surface area contributed by atoms with Crippen LogP contribution in [0.3, 0.4) is 0 Å². The Labute approximate surface area is 204 Å². The molecular formula is C27H34N2O6. The lowest BCUT2D eigenvalue weighted by Crippen LogP contribution is -2.56. The summed E-state index contributed by atoms with van der Waals surface area (Å²) in [4.78, 5) is 39.2. The van der Waals surface area contributed by atoms with Crippen LogP contribution >= 0.6 is 0 Å². The number of likely N-dealkylation sites (tertiary alicyclic amines) is 1. The third kappa shape index (κ3) is 4.68. The van der Waals surface area contributed by atoms with Gasteiger partial charge >= 0.3 is 5.63 Å². The Morgan fingerprint density at radius 1 is 1.17 bits per heavy atom. The molecule has 0 bridgehead atoms. The number of amides is 2. The normalized spacial score (nSPS) is 23.9. The van der Waals surface area contributed by atoms with E-state index in [0.717, 1.165) is 67.9 Å². The van der Waals surface area contributed by atoms with E-state index in [1.54, 1.807) is 4.90 Å². The molecule has 0 spiro atoms. The second-order valence-electron chi connectivity index (χ2n) is 10.3. The Morgan fingerprint density at radius 3 is 2.80 bits per heavy atom. The maximum Gasteiger partial charge on any atom is 0.339 e. The van der Waals surface area contributed by atoms with Crippen LogP contribution in [-0.4, -0.2) is 53.7 Å². The van der Waals surface area contributed by atoms with Crippen molar-refractivity contribution in [2.75, 3.05) is 26.2 Å². The van der Waals surface area contributed by atoms with Gasteiger partial charge in [-0.05, 0) is 69.6 Å². The summed E-state index contributed by atoms with van der Waals surface area (Å²) >= 11 is 0. The van der Waals surface area contributed by atoms with Crippen molar-refractivity contribution < 1.29 is 23.8 Å². The number of fused-ring (bicyclic) bond motifs is 4. The number of nitrogens with one attached hydrogen (secondary N) is 1. The predicted octanol–water partition coefficient (Wildman–Crippen LogP) is 2.63. The predicted molar refractivity (Wildman–Crippen MR) is 130 cm³/mol. The number of carbonyl (C=O) groups is 2. The molecule has 0 unspecified atom stereocenters. The van der Waals surface area contributed by atoms with Gasteiger partial charge in [0.15, 0.2) is 6.61 Å². The summed E-state index contributed by atoms with van der Waals surface area (Å²) in [5.41, 5.74) is 2.12. The summed E-state index contributed by atoms with van der Waals surface area (Å²) in [7, 11) is 0. The molecule has 1 aromatic heterocycles. The number of aryl methyl sites for hydroxylation is 2. The van der Waals surface area contributed by atoms with Crippen LogP contribution < -0.4 is 15.7 Å². The van der Waals surface area contributed by atoms with Crippen molar-refractivity contribution in [1.82, 2.24) is 10.2 Å². The molecule has 2 aromatic rings. The standard InChI is InChI=1S/C27H34N2O6/c1-17-22(10-9-20-19-7-2-3-8-21(19)26(32)35-25(17)20)34-16-23(30)28-14-24(31)29-13-12-27(33)11-5-4-6-18(27)15-29/h9-10,18,33H,2-8,11-16H2,1H3,(H,28,30)/t18-,27-/m0/s1. The molecule has 2 amide bonds. The van der Waals surface area contributed by atoms with Gasteiger partial charge in [-0.1, -0.05) is 12.8 Å². The van der Waals surface area contributed by atoms with Crippen molar-refractivity contribution in [3.8, 4) is 5.75 Å². The van der Waals surface area contributed by atoms with Crippen LogP contribution in [0.15, 0.2) is 21.3 Å². The molecule has 2 atom stereocenters. The summed E-state index contributed by atoms with van der Waals surface area (Å²) < 4.78 is 11.3. The number of benzene rings is 1. The molecular weight excluding hydrogens is 448 g/mol. The fourth-order valence-corrected chi connectivity index (χ4v) is 6.06. The molecule has 3 aliphatic rings. The summed E-state index contributed by atoms with van der Waals surface area (Å²) in [6, 6.07) is 3.71. The van der Waals surface area contributed by atoms with Crippen LogP contribution in [0.5, 0.6) is 5.75 Å². The first kappa shape index (κ1) is 23.9. The van der Waals surface area contributed by atoms with Crippen LogP contribution in [0.25, 0.3) is 11.0 Å². The van der Waals surface area contributed by atoms with Gasteiger partial charge in [0.25, 0.3) is 5.91 Å².